The Hall–Kier alpha value is -0.490. The summed E-state index contributed by atoms with van der Waals surface area (Å²) in [6, 6.07) is 1.08. The van der Waals surface area contributed by atoms with E-state index in [0.29, 0.717) is 23.4 Å². The normalized spacial score (nSPS) is 20.7. The molecule has 0 saturated carbocycles. The molecule has 0 spiro atoms. The first-order chi connectivity index (χ1) is 8.91. The molecule has 0 radical (unpaired) electrons. The monoisotopic (exact) mass is 356 g/mol. The summed E-state index contributed by atoms with van der Waals surface area (Å²) < 4.78 is 39.5. The van der Waals surface area contributed by atoms with E-state index in [-0.39, 0.29) is 11.7 Å². The molecule has 1 aromatic rings. The molecule has 0 bridgehead atoms. The maximum absolute atomic E-state index is 13.0. The topological polar surface area (TPSA) is 16.1 Å². The van der Waals surface area contributed by atoms with Crippen LogP contribution in [0.4, 0.5) is 19.0 Å². The van der Waals surface area contributed by atoms with Crippen molar-refractivity contribution in [2.45, 2.75) is 19.0 Å². The van der Waals surface area contributed by atoms with Gasteiger partial charge in [0.1, 0.15) is 5.82 Å². The highest BCUT2D eigenvalue weighted by Gasteiger charge is 2.37. The smallest absolute Gasteiger partial charge is 0.356 e. The van der Waals surface area contributed by atoms with E-state index in [2.05, 4.69) is 20.9 Å². The Morgan fingerprint density at radius 1 is 1.47 bits per heavy atom. The molecular formula is C12H13BrClF3N2. The molecule has 1 atom stereocenters. The molecule has 2 rings (SSSR count). The van der Waals surface area contributed by atoms with Crippen LogP contribution < -0.4 is 4.90 Å². The lowest BCUT2D eigenvalue weighted by Crippen LogP contribution is -2.37. The Morgan fingerprint density at radius 3 is 2.84 bits per heavy atom. The third kappa shape index (κ3) is 3.54. The minimum atomic E-state index is -4.40. The maximum atomic E-state index is 13.0. The van der Waals surface area contributed by atoms with Gasteiger partial charge in [-0.25, -0.2) is 4.98 Å². The largest absolute Gasteiger partial charge is 0.419 e. The number of anilines is 1. The Morgan fingerprint density at radius 2 is 2.21 bits per heavy atom. The molecular weight excluding hydrogens is 344 g/mol. The van der Waals surface area contributed by atoms with Crippen molar-refractivity contribution in [1.82, 2.24) is 4.98 Å². The fraction of sp³-hybridized carbons (Fsp3) is 0.583. The standard InChI is InChI=1S/C12H13BrClF3N2/c13-9-4-10(12(15,16)17)11(18-6-9)19-3-1-2-8(5-14)7-19/h4,6,8H,1-3,5,7H2. The van der Waals surface area contributed by atoms with Crippen LogP contribution in [0.2, 0.25) is 0 Å². The van der Waals surface area contributed by atoms with Gasteiger partial charge in [-0.05, 0) is 40.8 Å². The second kappa shape index (κ2) is 5.87. The zero-order chi connectivity index (χ0) is 14.0. The Balaban J connectivity index is 2.33. The molecule has 0 N–H and O–H groups in total. The van der Waals surface area contributed by atoms with Gasteiger partial charge < -0.3 is 4.90 Å². The number of halogens is 5. The first-order valence-corrected chi connectivity index (χ1v) is 7.28. The number of rotatable bonds is 2. The van der Waals surface area contributed by atoms with E-state index in [1.165, 1.54) is 6.20 Å². The van der Waals surface area contributed by atoms with Gasteiger partial charge in [-0.15, -0.1) is 11.6 Å². The number of hydrogen-bond acceptors (Lipinski definition) is 2. The first kappa shape index (κ1) is 14.9. The number of hydrogen-bond donors (Lipinski definition) is 0. The lowest BCUT2D eigenvalue weighted by Gasteiger charge is -2.34. The van der Waals surface area contributed by atoms with Crippen molar-refractivity contribution in [3.63, 3.8) is 0 Å². The average molecular weight is 358 g/mol. The maximum Gasteiger partial charge on any atom is 0.419 e. The highest BCUT2D eigenvalue weighted by Crippen LogP contribution is 2.38. The highest BCUT2D eigenvalue weighted by atomic mass is 79.9. The lowest BCUT2D eigenvalue weighted by atomic mass is 9.99. The average Bonchev–Trinajstić information content (AvgIpc) is 2.37. The summed E-state index contributed by atoms with van der Waals surface area (Å²) in [6.07, 6.45) is -1.21. The summed E-state index contributed by atoms with van der Waals surface area (Å²) in [4.78, 5) is 5.64. The number of nitrogens with zero attached hydrogens (tertiary/aromatic N) is 2. The van der Waals surface area contributed by atoms with Crippen molar-refractivity contribution in [3.05, 3.63) is 22.3 Å². The molecule has 2 nitrogen and oxygen atoms in total. The number of aromatic nitrogens is 1. The summed E-state index contributed by atoms with van der Waals surface area (Å²) >= 11 is 8.85. The number of pyridine rings is 1. The fourth-order valence-electron chi connectivity index (χ4n) is 2.28. The molecule has 2 heterocycles. The zero-order valence-electron chi connectivity index (χ0n) is 10.1. The van der Waals surface area contributed by atoms with Gasteiger partial charge in [-0.3, -0.25) is 0 Å². The minimum absolute atomic E-state index is 0.00511. The molecule has 7 heteroatoms. The molecule has 1 aliphatic heterocycles. The van der Waals surface area contributed by atoms with Crippen LogP contribution in [0.15, 0.2) is 16.7 Å². The van der Waals surface area contributed by atoms with Crippen molar-refractivity contribution in [3.8, 4) is 0 Å². The summed E-state index contributed by atoms with van der Waals surface area (Å²) in [5, 5.41) is 0. The summed E-state index contributed by atoms with van der Waals surface area (Å²) in [6.45, 7) is 1.12. The van der Waals surface area contributed by atoms with E-state index in [4.69, 9.17) is 11.6 Å². The van der Waals surface area contributed by atoms with Crippen molar-refractivity contribution >= 4 is 33.3 Å². The molecule has 106 valence electrons. The predicted molar refractivity (Wildman–Crippen MR) is 72.6 cm³/mol. The Kier molecular flexibility index (Phi) is 4.61. The van der Waals surface area contributed by atoms with E-state index in [1.54, 1.807) is 4.90 Å². The lowest BCUT2D eigenvalue weighted by molar-refractivity contribution is -0.137. The van der Waals surface area contributed by atoms with E-state index in [9.17, 15) is 13.2 Å². The van der Waals surface area contributed by atoms with Gasteiger partial charge in [-0.1, -0.05) is 0 Å². The van der Waals surface area contributed by atoms with Gasteiger partial charge in [-0.2, -0.15) is 13.2 Å². The molecule has 0 amide bonds. The highest BCUT2D eigenvalue weighted by molar-refractivity contribution is 9.10. The van der Waals surface area contributed by atoms with Crippen LogP contribution in [0.3, 0.4) is 0 Å². The molecule has 1 unspecified atom stereocenters. The van der Waals surface area contributed by atoms with Crippen molar-refractivity contribution < 1.29 is 13.2 Å². The molecule has 19 heavy (non-hydrogen) atoms. The van der Waals surface area contributed by atoms with Crippen LogP contribution >= 0.6 is 27.5 Å². The van der Waals surface area contributed by atoms with Gasteiger partial charge in [0, 0.05) is 29.6 Å². The van der Waals surface area contributed by atoms with E-state index in [1.807, 2.05) is 0 Å². The predicted octanol–water partition coefficient (Wildman–Crippen LogP) is 4.32. The van der Waals surface area contributed by atoms with Crippen LogP contribution in [0.5, 0.6) is 0 Å². The summed E-state index contributed by atoms with van der Waals surface area (Å²) in [5.74, 6) is 0.696. The quantitative estimate of drug-likeness (QED) is 0.733. The number of alkyl halides is 4. The Bertz CT molecular complexity index is 453. The SMILES string of the molecule is FC(F)(F)c1cc(Br)cnc1N1CCCC(CCl)C1. The van der Waals surface area contributed by atoms with E-state index in [0.717, 1.165) is 18.9 Å². The zero-order valence-corrected chi connectivity index (χ0v) is 12.4. The van der Waals surface area contributed by atoms with Crippen molar-refractivity contribution in [1.29, 1.82) is 0 Å². The third-order valence-electron chi connectivity index (χ3n) is 3.18. The Labute approximate surface area is 123 Å². The molecule has 0 aromatic carbocycles. The molecule has 1 fully saturated rings. The number of piperidine rings is 1. The molecule has 1 saturated heterocycles. The second-order valence-electron chi connectivity index (χ2n) is 4.63. The van der Waals surface area contributed by atoms with E-state index >= 15 is 0 Å². The van der Waals surface area contributed by atoms with Crippen LogP contribution in [-0.2, 0) is 6.18 Å². The van der Waals surface area contributed by atoms with E-state index < -0.39 is 11.7 Å². The van der Waals surface area contributed by atoms with Crippen LogP contribution in [0.25, 0.3) is 0 Å². The minimum Gasteiger partial charge on any atom is -0.356 e. The molecule has 1 aromatic heterocycles. The van der Waals surface area contributed by atoms with Gasteiger partial charge in [0.25, 0.3) is 0 Å². The first-order valence-electron chi connectivity index (χ1n) is 5.95. The summed E-state index contributed by atoms with van der Waals surface area (Å²) in [5.41, 5.74) is -0.697. The fourth-order valence-corrected chi connectivity index (χ4v) is 2.86. The van der Waals surface area contributed by atoms with Gasteiger partial charge in [0.15, 0.2) is 0 Å². The summed E-state index contributed by atoms with van der Waals surface area (Å²) in [7, 11) is 0. The second-order valence-corrected chi connectivity index (χ2v) is 5.86. The van der Waals surface area contributed by atoms with Gasteiger partial charge in [0.2, 0.25) is 0 Å². The van der Waals surface area contributed by atoms with Crippen LogP contribution in [0.1, 0.15) is 18.4 Å². The van der Waals surface area contributed by atoms with Gasteiger partial charge in [0.05, 0.1) is 5.56 Å². The van der Waals surface area contributed by atoms with Crippen molar-refractivity contribution in [2.24, 2.45) is 5.92 Å². The van der Waals surface area contributed by atoms with Gasteiger partial charge >= 0.3 is 6.18 Å². The van der Waals surface area contributed by atoms with Crippen LogP contribution in [0, 0.1) is 5.92 Å². The third-order valence-corrected chi connectivity index (χ3v) is 4.05. The van der Waals surface area contributed by atoms with Crippen molar-refractivity contribution in [2.75, 3.05) is 23.9 Å². The van der Waals surface area contributed by atoms with Crippen LogP contribution in [-0.4, -0.2) is 24.0 Å². The molecule has 1 aliphatic rings. The molecule has 0 aliphatic carbocycles.